The lowest BCUT2D eigenvalue weighted by Gasteiger charge is -2.27. The minimum absolute atomic E-state index is 0.0588. The number of nitrogens with one attached hydrogen (secondary N) is 1. The van der Waals surface area contributed by atoms with Gasteiger partial charge in [-0.15, -0.1) is 0 Å². The second-order valence-corrected chi connectivity index (χ2v) is 10.0. The van der Waals surface area contributed by atoms with Gasteiger partial charge in [0, 0.05) is 24.8 Å². The highest BCUT2D eigenvalue weighted by atomic mass is 19.4. The van der Waals surface area contributed by atoms with Crippen LogP contribution in [0.1, 0.15) is 43.1 Å². The summed E-state index contributed by atoms with van der Waals surface area (Å²) in [7, 11) is 0. The summed E-state index contributed by atoms with van der Waals surface area (Å²) in [5, 5.41) is 7.53. The van der Waals surface area contributed by atoms with Gasteiger partial charge in [0.05, 0.1) is 31.5 Å². The summed E-state index contributed by atoms with van der Waals surface area (Å²) in [6.07, 6.45) is -1.57. The maximum absolute atomic E-state index is 13.6. The molecule has 1 fully saturated rings. The molecule has 0 saturated carbocycles. The van der Waals surface area contributed by atoms with Crippen LogP contribution in [0.3, 0.4) is 0 Å². The molecule has 0 bridgehead atoms. The van der Waals surface area contributed by atoms with Crippen molar-refractivity contribution in [3.05, 3.63) is 74.2 Å². The van der Waals surface area contributed by atoms with Gasteiger partial charge >= 0.3 is 17.8 Å². The average Bonchev–Trinajstić information content (AvgIpc) is 3.59. The Hall–Kier alpha value is -4.11. The number of rotatable bonds is 9. The monoisotopic (exact) mass is 592 g/mol. The van der Waals surface area contributed by atoms with Gasteiger partial charge in [-0.25, -0.2) is 4.79 Å². The fourth-order valence-corrected chi connectivity index (χ4v) is 5.06. The van der Waals surface area contributed by atoms with Crippen LogP contribution < -0.4 is 21.5 Å². The van der Waals surface area contributed by atoms with E-state index in [0.717, 1.165) is 16.7 Å². The average molecular weight is 593 g/mol. The van der Waals surface area contributed by atoms with Gasteiger partial charge in [-0.05, 0) is 31.0 Å². The van der Waals surface area contributed by atoms with Crippen LogP contribution in [0.15, 0.2) is 46.2 Å². The van der Waals surface area contributed by atoms with E-state index in [1.54, 1.807) is 24.1 Å². The molecule has 0 aliphatic carbocycles. The van der Waals surface area contributed by atoms with Crippen molar-refractivity contribution in [3.63, 3.8) is 0 Å². The van der Waals surface area contributed by atoms with Gasteiger partial charge in [-0.1, -0.05) is 19.1 Å². The summed E-state index contributed by atoms with van der Waals surface area (Å²) in [5.74, 6) is -0.931. The van der Waals surface area contributed by atoms with Gasteiger partial charge in [0.1, 0.15) is 30.4 Å². The molecule has 2 aliphatic heterocycles. The molecule has 1 saturated heterocycles. The van der Waals surface area contributed by atoms with E-state index in [4.69, 9.17) is 14.2 Å². The predicted octanol–water partition coefficient (Wildman–Crippen LogP) is 2.76. The fourth-order valence-electron chi connectivity index (χ4n) is 5.06. The van der Waals surface area contributed by atoms with Crippen LogP contribution in [0, 0.1) is 5.92 Å². The number of esters is 1. The van der Waals surface area contributed by atoms with E-state index in [2.05, 4.69) is 10.4 Å². The van der Waals surface area contributed by atoms with Gasteiger partial charge in [0.15, 0.2) is 6.73 Å². The lowest BCUT2D eigenvalue weighted by Crippen LogP contribution is -2.42. The molecule has 226 valence electrons. The van der Waals surface area contributed by atoms with E-state index >= 15 is 0 Å². The highest BCUT2D eigenvalue weighted by Crippen LogP contribution is 2.38. The fraction of sp³-hybridized carbons (Fsp3) is 0.481. The van der Waals surface area contributed by atoms with Crippen molar-refractivity contribution in [3.8, 4) is 0 Å². The Bertz CT molecular complexity index is 1560. The van der Waals surface area contributed by atoms with Gasteiger partial charge in [0.2, 0.25) is 0 Å². The molecule has 2 aromatic heterocycles. The van der Waals surface area contributed by atoms with Crippen molar-refractivity contribution < 1.29 is 32.2 Å². The first-order valence-electron chi connectivity index (χ1n) is 13.5. The van der Waals surface area contributed by atoms with E-state index in [1.807, 2.05) is 6.92 Å². The number of benzene rings is 1. The largest absolute Gasteiger partial charge is 0.444 e. The molecule has 2 aliphatic rings. The molecule has 12 nitrogen and oxygen atoms in total. The third kappa shape index (κ3) is 5.79. The van der Waals surface area contributed by atoms with E-state index in [0.29, 0.717) is 17.5 Å². The van der Waals surface area contributed by atoms with Gasteiger partial charge < -0.3 is 24.4 Å². The van der Waals surface area contributed by atoms with Gasteiger partial charge in [-0.3, -0.25) is 23.4 Å². The molecule has 1 unspecified atom stereocenters. The van der Waals surface area contributed by atoms with Crippen LogP contribution >= 0.6 is 0 Å². The Morgan fingerprint density at radius 3 is 2.62 bits per heavy atom. The van der Waals surface area contributed by atoms with E-state index < -0.39 is 41.0 Å². The van der Waals surface area contributed by atoms with Crippen molar-refractivity contribution in [2.45, 2.75) is 52.2 Å². The number of aromatic nitrogens is 4. The maximum atomic E-state index is 13.6. The SMILES string of the molecule is CCCn1c(=O)c2c(n(CC)c1=O)NC(c1cnn(Cc3cccc(C(F)(F)F)c3)c1)N2COC(=O)C1COCOC1. The van der Waals surface area contributed by atoms with E-state index in [1.165, 1.54) is 21.5 Å². The summed E-state index contributed by atoms with van der Waals surface area (Å²) >= 11 is 0. The van der Waals surface area contributed by atoms with Crippen LogP contribution in [-0.4, -0.2) is 51.6 Å². The minimum Gasteiger partial charge on any atom is -0.444 e. The summed E-state index contributed by atoms with van der Waals surface area (Å²) in [5.41, 5.74) is -0.673. The molecule has 0 spiro atoms. The Labute approximate surface area is 238 Å². The molecule has 4 heterocycles. The normalized spacial score (nSPS) is 17.3. The molecule has 42 heavy (non-hydrogen) atoms. The first-order chi connectivity index (χ1) is 20.1. The smallest absolute Gasteiger partial charge is 0.416 e. The van der Waals surface area contributed by atoms with Crippen molar-refractivity contribution in [2.75, 3.05) is 37.0 Å². The first-order valence-corrected chi connectivity index (χ1v) is 13.5. The zero-order valence-electron chi connectivity index (χ0n) is 23.1. The van der Waals surface area contributed by atoms with E-state index in [9.17, 15) is 27.6 Å². The maximum Gasteiger partial charge on any atom is 0.416 e. The molecule has 3 aromatic rings. The zero-order valence-corrected chi connectivity index (χ0v) is 23.1. The molecule has 1 N–H and O–H groups in total. The van der Waals surface area contributed by atoms with Crippen LogP contribution in [0.25, 0.3) is 0 Å². The van der Waals surface area contributed by atoms with Crippen molar-refractivity contribution >= 4 is 17.5 Å². The standard InChI is InChI=1S/C27H31F3N6O6/c1-3-8-35-24(37)21-23(34(4-2)26(35)39)32-22(36(21)15-42-25(38)19-13-40-16-41-14-19)18-10-31-33(12-18)11-17-6-5-7-20(9-17)27(28,29)30/h5-7,9-10,12,19,22,32H,3-4,8,11,13-16H2,1-2H3. The lowest BCUT2D eigenvalue weighted by molar-refractivity contribution is -0.171. The van der Waals surface area contributed by atoms with Crippen LogP contribution in [0.5, 0.6) is 0 Å². The summed E-state index contributed by atoms with van der Waals surface area (Å²) in [6, 6.07) is 4.97. The number of alkyl halides is 3. The van der Waals surface area contributed by atoms with E-state index in [-0.39, 0.29) is 57.9 Å². The molecule has 5 rings (SSSR count). The Morgan fingerprint density at radius 1 is 1.17 bits per heavy atom. The quantitative estimate of drug-likeness (QED) is 0.374. The summed E-state index contributed by atoms with van der Waals surface area (Å²) < 4.78 is 59.6. The number of ether oxygens (including phenoxy) is 3. The van der Waals surface area contributed by atoms with Crippen LogP contribution in [-0.2, 0) is 44.8 Å². The number of carbonyl (C=O) groups is 1. The number of fused-ring (bicyclic) bond motifs is 1. The second-order valence-electron chi connectivity index (χ2n) is 10.0. The molecule has 1 atom stereocenters. The first kappa shape index (κ1) is 29.4. The minimum atomic E-state index is -4.47. The number of carbonyl (C=O) groups excluding carboxylic acids is 1. The van der Waals surface area contributed by atoms with Gasteiger partial charge in [0.25, 0.3) is 5.56 Å². The van der Waals surface area contributed by atoms with Crippen molar-refractivity contribution in [1.29, 1.82) is 0 Å². The van der Waals surface area contributed by atoms with Crippen LogP contribution in [0.4, 0.5) is 24.7 Å². The predicted molar refractivity (Wildman–Crippen MR) is 144 cm³/mol. The molecule has 15 heteroatoms. The van der Waals surface area contributed by atoms with Crippen molar-refractivity contribution in [2.24, 2.45) is 5.92 Å². The van der Waals surface area contributed by atoms with Crippen LogP contribution in [0.2, 0.25) is 0 Å². The van der Waals surface area contributed by atoms with Crippen molar-refractivity contribution in [1.82, 2.24) is 18.9 Å². The third-order valence-electron chi connectivity index (χ3n) is 7.09. The number of halogens is 3. The Balaban J connectivity index is 1.47. The number of hydrogen-bond acceptors (Lipinski definition) is 9. The molecule has 0 radical (unpaired) electrons. The lowest BCUT2D eigenvalue weighted by atomic mass is 10.1. The highest BCUT2D eigenvalue weighted by molar-refractivity contribution is 5.75. The Morgan fingerprint density at radius 2 is 1.93 bits per heavy atom. The van der Waals surface area contributed by atoms with Gasteiger partial charge in [-0.2, -0.15) is 18.3 Å². The third-order valence-corrected chi connectivity index (χ3v) is 7.09. The summed E-state index contributed by atoms with van der Waals surface area (Å²) in [4.78, 5) is 41.1. The Kier molecular flexibility index (Phi) is 8.41. The molecular weight excluding hydrogens is 561 g/mol. The number of anilines is 2. The highest BCUT2D eigenvalue weighted by Gasteiger charge is 2.38. The summed E-state index contributed by atoms with van der Waals surface area (Å²) in [6.45, 7) is 4.19. The molecule has 0 amide bonds. The molecular formula is C27H31F3N6O6. The second kappa shape index (κ2) is 12.0. The number of hydrogen-bond donors (Lipinski definition) is 1. The number of nitrogens with zero attached hydrogens (tertiary/aromatic N) is 5. The zero-order chi connectivity index (χ0) is 30.0. The molecule has 1 aromatic carbocycles. The topological polar surface area (TPSA) is 122 Å².